The molecule has 27 heavy (non-hydrogen) atoms. The van der Waals surface area contributed by atoms with Gasteiger partial charge in [-0.05, 0) is 37.5 Å². The molecule has 0 N–H and O–H groups in total. The molecule has 0 amide bonds. The second kappa shape index (κ2) is 7.24. The Labute approximate surface area is 159 Å². The fourth-order valence-electron chi connectivity index (χ4n) is 3.91. The second-order valence-corrected chi connectivity index (χ2v) is 7.51. The lowest BCUT2D eigenvalue weighted by Gasteiger charge is -2.27. The largest absolute Gasteiger partial charge is 0.464 e. The lowest BCUT2D eigenvalue weighted by molar-refractivity contribution is 0.240. The summed E-state index contributed by atoms with van der Waals surface area (Å²) < 4.78 is 5.79. The number of fused-ring (bicyclic) bond motifs is 2. The van der Waals surface area contributed by atoms with Crippen LogP contribution in [0.15, 0.2) is 33.8 Å². The van der Waals surface area contributed by atoms with Gasteiger partial charge in [-0.2, -0.15) is 0 Å². The van der Waals surface area contributed by atoms with Gasteiger partial charge in [0.05, 0.1) is 11.6 Å². The molecule has 0 saturated carbocycles. The maximum Gasteiger partial charge on any atom is 0.197 e. The fourth-order valence-corrected chi connectivity index (χ4v) is 3.91. The van der Waals surface area contributed by atoms with Crippen molar-refractivity contribution in [3.63, 3.8) is 0 Å². The topological polar surface area (TPSA) is 59.2 Å². The van der Waals surface area contributed by atoms with Crippen molar-refractivity contribution in [2.24, 2.45) is 0 Å². The molecule has 1 aliphatic rings. The first-order valence-corrected chi connectivity index (χ1v) is 9.63. The Bertz CT molecular complexity index is 1060. The Morgan fingerprint density at radius 3 is 2.93 bits per heavy atom. The predicted octanol–water partition coefficient (Wildman–Crippen LogP) is 3.71. The first-order chi connectivity index (χ1) is 13.0. The first-order valence-electron chi connectivity index (χ1n) is 9.63. The van der Waals surface area contributed by atoms with Gasteiger partial charge in [-0.25, -0.2) is 9.97 Å². The Kier molecular flexibility index (Phi) is 4.79. The molecule has 3 heterocycles. The maximum absolute atomic E-state index is 13.0. The first kappa shape index (κ1) is 17.9. The minimum Gasteiger partial charge on any atom is -0.464 e. The Balaban J connectivity index is 1.58. The molecule has 0 saturated heterocycles. The molecule has 4 rings (SSSR count). The molecular weight excluding hydrogens is 338 g/mol. The van der Waals surface area contributed by atoms with Gasteiger partial charge in [0, 0.05) is 55.5 Å². The van der Waals surface area contributed by atoms with Crippen LogP contribution in [0.2, 0.25) is 0 Å². The second-order valence-electron chi connectivity index (χ2n) is 7.51. The van der Waals surface area contributed by atoms with E-state index in [1.807, 2.05) is 32.2 Å². The van der Waals surface area contributed by atoms with Crippen LogP contribution in [0.3, 0.4) is 0 Å². The third-order valence-corrected chi connectivity index (χ3v) is 5.22. The summed E-state index contributed by atoms with van der Waals surface area (Å²) in [5.74, 6) is 0.936. The van der Waals surface area contributed by atoms with Crippen molar-refractivity contribution in [2.45, 2.75) is 53.1 Å². The van der Waals surface area contributed by atoms with Crippen LogP contribution < -0.4 is 5.43 Å². The van der Waals surface area contributed by atoms with Crippen LogP contribution in [-0.2, 0) is 25.9 Å². The molecule has 0 unspecified atom stereocenters. The summed E-state index contributed by atoms with van der Waals surface area (Å²) in [5.41, 5.74) is 5.85. The molecule has 0 atom stereocenters. The maximum atomic E-state index is 13.0. The molecule has 140 valence electrons. The average Bonchev–Trinajstić information content (AvgIpc) is 2.64. The van der Waals surface area contributed by atoms with Gasteiger partial charge in [0.15, 0.2) is 5.43 Å². The van der Waals surface area contributed by atoms with E-state index >= 15 is 0 Å². The number of rotatable bonds is 4. The number of aromatic nitrogens is 2. The molecule has 1 aromatic carbocycles. The van der Waals surface area contributed by atoms with Gasteiger partial charge >= 0.3 is 0 Å². The van der Waals surface area contributed by atoms with Gasteiger partial charge in [0.25, 0.3) is 0 Å². The summed E-state index contributed by atoms with van der Waals surface area (Å²) >= 11 is 0. The third-order valence-electron chi connectivity index (χ3n) is 5.22. The van der Waals surface area contributed by atoms with Crippen LogP contribution in [-0.4, -0.2) is 21.4 Å². The fraction of sp³-hybridized carbons (Fsp3) is 0.409. The van der Waals surface area contributed by atoms with Gasteiger partial charge in [-0.3, -0.25) is 9.69 Å². The Morgan fingerprint density at radius 1 is 1.26 bits per heavy atom. The van der Waals surface area contributed by atoms with E-state index in [9.17, 15) is 4.79 Å². The predicted molar refractivity (Wildman–Crippen MR) is 106 cm³/mol. The lowest BCUT2D eigenvalue weighted by atomic mass is 10.0. The highest BCUT2D eigenvalue weighted by Crippen LogP contribution is 2.21. The molecule has 0 spiro atoms. The highest BCUT2D eigenvalue weighted by molar-refractivity contribution is 5.81. The molecular formula is C22H25N3O2. The van der Waals surface area contributed by atoms with Crippen molar-refractivity contribution >= 4 is 11.0 Å². The zero-order valence-electron chi connectivity index (χ0n) is 16.2. The van der Waals surface area contributed by atoms with Gasteiger partial charge in [0.1, 0.15) is 11.4 Å². The van der Waals surface area contributed by atoms with Gasteiger partial charge in [0.2, 0.25) is 0 Å². The normalized spacial score (nSPS) is 14.5. The van der Waals surface area contributed by atoms with E-state index in [0.29, 0.717) is 23.1 Å². The van der Waals surface area contributed by atoms with Crippen LogP contribution in [0, 0.1) is 13.8 Å². The summed E-state index contributed by atoms with van der Waals surface area (Å²) in [4.78, 5) is 24.4. The molecule has 1 aliphatic heterocycles. The van der Waals surface area contributed by atoms with Crippen molar-refractivity contribution in [3.05, 3.63) is 68.6 Å². The molecule has 0 radical (unpaired) electrons. The molecule has 0 aliphatic carbocycles. The van der Waals surface area contributed by atoms with Crippen LogP contribution in [0.5, 0.6) is 0 Å². The summed E-state index contributed by atoms with van der Waals surface area (Å²) in [5, 5.41) is 0.697. The minimum atomic E-state index is 0.0779. The Hall–Kier alpha value is -2.53. The zero-order chi connectivity index (χ0) is 19.0. The van der Waals surface area contributed by atoms with E-state index in [0.717, 1.165) is 60.6 Å². The van der Waals surface area contributed by atoms with Crippen LogP contribution >= 0.6 is 0 Å². The Morgan fingerprint density at radius 2 is 2.11 bits per heavy atom. The molecule has 5 heteroatoms. The monoisotopic (exact) mass is 363 g/mol. The van der Waals surface area contributed by atoms with Crippen molar-refractivity contribution in [1.29, 1.82) is 0 Å². The summed E-state index contributed by atoms with van der Waals surface area (Å²) in [6, 6.07) is 3.96. The van der Waals surface area contributed by atoms with E-state index in [2.05, 4.69) is 16.8 Å². The number of nitrogens with zero attached hydrogens (tertiary/aromatic N) is 3. The van der Waals surface area contributed by atoms with E-state index in [-0.39, 0.29) is 5.43 Å². The highest BCUT2D eigenvalue weighted by atomic mass is 16.3. The third kappa shape index (κ3) is 3.52. The van der Waals surface area contributed by atoms with E-state index in [4.69, 9.17) is 9.40 Å². The van der Waals surface area contributed by atoms with Crippen LogP contribution in [0.1, 0.15) is 47.1 Å². The zero-order valence-corrected chi connectivity index (χ0v) is 16.2. The number of benzene rings is 1. The molecule has 2 aromatic heterocycles. The molecule has 0 fully saturated rings. The standard InChI is InChI=1S/C22H25N3O2/c1-4-5-20-23-10-16-11-25(7-6-18(16)24-20)12-17-13-27-19-9-14(2)8-15(3)21(19)22(17)26/h8-10,13H,4-7,11-12H2,1-3H3. The summed E-state index contributed by atoms with van der Waals surface area (Å²) in [6.07, 6.45) is 6.45. The summed E-state index contributed by atoms with van der Waals surface area (Å²) in [7, 11) is 0. The SMILES string of the molecule is CCCc1ncc2c(n1)CCN(Cc1coc3cc(C)cc(C)c3c1=O)C2. The highest BCUT2D eigenvalue weighted by Gasteiger charge is 2.20. The number of aryl methyl sites for hydroxylation is 3. The van der Waals surface area contributed by atoms with Crippen LogP contribution in [0.25, 0.3) is 11.0 Å². The average molecular weight is 363 g/mol. The van der Waals surface area contributed by atoms with Gasteiger partial charge in [-0.1, -0.05) is 13.0 Å². The quantitative estimate of drug-likeness (QED) is 0.707. The van der Waals surface area contributed by atoms with Gasteiger partial charge < -0.3 is 4.42 Å². The van der Waals surface area contributed by atoms with E-state index in [1.54, 1.807) is 6.26 Å². The van der Waals surface area contributed by atoms with E-state index in [1.165, 1.54) is 0 Å². The smallest absolute Gasteiger partial charge is 0.197 e. The molecule has 3 aromatic rings. The summed E-state index contributed by atoms with van der Waals surface area (Å²) in [6.45, 7) is 8.37. The van der Waals surface area contributed by atoms with Crippen molar-refractivity contribution < 1.29 is 4.42 Å². The van der Waals surface area contributed by atoms with Crippen molar-refractivity contribution in [3.8, 4) is 0 Å². The lowest BCUT2D eigenvalue weighted by Crippen LogP contribution is -2.32. The van der Waals surface area contributed by atoms with Crippen LogP contribution in [0.4, 0.5) is 0 Å². The molecule has 5 nitrogen and oxygen atoms in total. The minimum absolute atomic E-state index is 0.0779. The van der Waals surface area contributed by atoms with Crippen molar-refractivity contribution in [1.82, 2.24) is 14.9 Å². The van der Waals surface area contributed by atoms with E-state index < -0.39 is 0 Å². The molecule has 0 bridgehead atoms. The van der Waals surface area contributed by atoms with Crippen molar-refractivity contribution in [2.75, 3.05) is 6.54 Å². The number of hydrogen-bond donors (Lipinski definition) is 0. The van der Waals surface area contributed by atoms with Gasteiger partial charge in [-0.15, -0.1) is 0 Å². The number of hydrogen-bond acceptors (Lipinski definition) is 5.